The SMILES string of the molecule is CCC(C)CNc1ccc([N+](=O)[O-])cc1C. The van der Waals surface area contributed by atoms with E-state index in [9.17, 15) is 10.1 Å². The van der Waals surface area contributed by atoms with Crippen LogP contribution in [0.1, 0.15) is 25.8 Å². The molecular formula is C12H18N2O2. The van der Waals surface area contributed by atoms with E-state index in [1.165, 1.54) is 6.07 Å². The number of hydrogen-bond acceptors (Lipinski definition) is 3. The van der Waals surface area contributed by atoms with Crippen LogP contribution < -0.4 is 5.32 Å². The lowest BCUT2D eigenvalue weighted by Crippen LogP contribution is -2.11. The normalized spacial score (nSPS) is 12.2. The van der Waals surface area contributed by atoms with Gasteiger partial charge in [0.15, 0.2) is 0 Å². The fourth-order valence-corrected chi connectivity index (χ4v) is 1.39. The van der Waals surface area contributed by atoms with Gasteiger partial charge >= 0.3 is 0 Å². The quantitative estimate of drug-likeness (QED) is 0.614. The molecule has 1 N–H and O–H groups in total. The van der Waals surface area contributed by atoms with Crippen molar-refractivity contribution in [3.63, 3.8) is 0 Å². The Morgan fingerprint density at radius 2 is 2.19 bits per heavy atom. The van der Waals surface area contributed by atoms with Gasteiger partial charge in [0.05, 0.1) is 4.92 Å². The van der Waals surface area contributed by atoms with Gasteiger partial charge in [-0.1, -0.05) is 20.3 Å². The molecule has 0 bridgehead atoms. The number of rotatable bonds is 5. The van der Waals surface area contributed by atoms with Crippen LogP contribution in [0.4, 0.5) is 11.4 Å². The molecule has 0 aromatic heterocycles. The predicted molar refractivity (Wildman–Crippen MR) is 65.8 cm³/mol. The largest absolute Gasteiger partial charge is 0.385 e. The number of benzene rings is 1. The summed E-state index contributed by atoms with van der Waals surface area (Å²) in [7, 11) is 0. The molecule has 0 radical (unpaired) electrons. The number of nitrogens with one attached hydrogen (secondary N) is 1. The smallest absolute Gasteiger partial charge is 0.269 e. The number of nitrogens with zero attached hydrogens (tertiary/aromatic N) is 1. The van der Waals surface area contributed by atoms with E-state index in [4.69, 9.17) is 0 Å². The number of hydrogen-bond donors (Lipinski definition) is 1. The second-order valence-electron chi connectivity index (χ2n) is 4.15. The van der Waals surface area contributed by atoms with Crippen molar-refractivity contribution in [2.45, 2.75) is 27.2 Å². The van der Waals surface area contributed by atoms with E-state index in [0.717, 1.165) is 24.2 Å². The zero-order valence-electron chi connectivity index (χ0n) is 9.99. The van der Waals surface area contributed by atoms with Crippen molar-refractivity contribution in [3.8, 4) is 0 Å². The summed E-state index contributed by atoms with van der Waals surface area (Å²) in [5.41, 5.74) is 2.04. The van der Waals surface area contributed by atoms with Gasteiger partial charge in [-0.2, -0.15) is 0 Å². The van der Waals surface area contributed by atoms with Gasteiger partial charge in [-0.25, -0.2) is 0 Å². The summed E-state index contributed by atoms with van der Waals surface area (Å²) in [5.74, 6) is 0.606. The van der Waals surface area contributed by atoms with Crippen molar-refractivity contribution in [2.75, 3.05) is 11.9 Å². The fourth-order valence-electron chi connectivity index (χ4n) is 1.39. The molecule has 88 valence electrons. The Hall–Kier alpha value is -1.58. The molecular weight excluding hydrogens is 204 g/mol. The second kappa shape index (κ2) is 5.49. The highest BCUT2D eigenvalue weighted by atomic mass is 16.6. The number of nitro benzene ring substituents is 1. The predicted octanol–water partition coefficient (Wildman–Crippen LogP) is 3.36. The van der Waals surface area contributed by atoms with Crippen molar-refractivity contribution in [1.29, 1.82) is 0 Å². The highest BCUT2D eigenvalue weighted by Gasteiger charge is 2.08. The zero-order valence-corrected chi connectivity index (χ0v) is 9.99. The number of aryl methyl sites for hydroxylation is 1. The summed E-state index contributed by atoms with van der Waals surface area (Å²) in [6.07, 6.45) is 1.12. The maximum absolute atomic E-state index is 10.6. The maximum atomic E-state index is 10.6. The summed E-state index contributed by atoms with van der Waals surface area (Å²) >= 11 is 0. The number of non-ortho nitro benzene ring substituents is 1. The van der Waals surface area contributed by atoms with Crippen molar-refractivity contribution in [1.82, 2.24) is 0 Å². The van der Waals surface area contributed by atoms with Gasteiger partial charge in [0, 0.05) is 24.4 Å². The molecule has 4 nitrogen and oxygen atoms in total. The van der Waals surface area contributed by atoms with Crippen LogP contribution in [0, 0.1) is 23.0 Å². The average molecular weight is 222 g/mol. The van der Waals surface area contributed by atoms with Crippen LogP contribution in [0.25, 0.3) is 0 Å². The lowest BCUT2D eigenvalue weighted by atomic mass is 10.1. The first-order chi connectivity index (χ1) is 7.54. The fraction of sp³-hybridized carbons (Fsp3) is 0.500. The second-order valence-corrected chi connectivity index (χ2v) is 4.15. The Morgan fingerprint density at radius 1 is 1.50 bits per heavy atom. The van der Waals surface area contributed by atoms with Crippen LogP contribution >= 0.6 is 0 Å². The third-order valence-corrected chi connectivity index (χ3v) is 2.76. The van der Waals surface area contributed by atoms with Gasteiger partial charge in [-0.15, -0.1) is 0 Å². The van der Waals surface area contributed by atoms with Gasteiger partial charge in [0.25, 0.3) is 5.69 Å². The minimum Gasteiger partial charge on any atom is -0.385 e. The lowest BCUT2D eigenvalue weighted by molar-refractivity contribution is -0.384. The molecule has 4 heteroatoms. The standard InChI is InChI=1S/C12H18N2O2/c1-4-9(2)8-13-12-6-5-11(14(15)16)7-10(12)3/h5-7,9,13H,4,8H2,1-3H3. The van der Waals surface area contributed by atoms with Crippen molar-refractivity contribution >= 4 is 11.4 Å². The van der Waals surface area contributed by atoms with E-state index in [1.54, 1.807) is 12.1 Å². The molecule has 0 saturated carbocycles. The molecule has 0 aliphatic heterocycles. The first-order valence-electron chi connectivity index (χ1n) is 5.53. The molecule has 1 aromatic rings. The third kappa shape index (κ3) is 3.22. The van der Waals surface area contributed by atoms with Crippen LogP contribution in [0.15, 0.2) is 18.2 Å². The molecule has 0 heterocycles. The molecule has 0 spiro atoms. The lowest BCUT2D eigenvalue weighted by Gasteiger charge is -2.13. The number of nitro groups is 1. The summed E-state index contributed by atoms with van der Waals surface area (Å²) < 4.78 is 0. The third-order valence-electron chi connectivity index (χ3n) is 2.76. The van der Waals surface area contributed by atoms with Crippen molar-refractivity contribution in [3.05, 3.63) is 33.9 Å². The summed E-state index contributed by atoms with van der Waals surface area (Å²) in [4.78, 5) is 10.2. The van der Waals surface area contributed by atoms with E-state index in [2.05, 4.69) is 19.2 Å². The molecule has 0 amide bonds. The van der Waals surface area contributed by atoms with Crippen molar-refractivity contribution in [2.24, 2.45) is 5.92 Å². The molecule has 1 unspecified atom stereocenters. The maximum Gasteiger partial charge on any atom is 0.269 e. The monoisotopic (exact) mass is 222 g/mol. The topological polar surface area (TPSA) is 55.2 Å². The van der Waals surface area contributed by atoms with Gasteiger partial charge in [-0.05, 0) is 24.5 Å². The molecule has 1 atom stereocenters. The van der Waals surface area contributed by atoms with Gasteiger partial charge in [0.1, 0.15) is 0 Å². The highest BCUT2D eigenvalue weighted by molar-refractivity contribution is 5.55. The average Bonchev–Trinajstić information content (AvgIpc) is 2.26. The molecule has 16 heavy (non-hydrogen) atoms. The van der Waals surface area contributed by atoms with E-state index < -0.39 is 0 Å². The minimum atomic E-state index is -0.370. The summed E-state index contributed by atoms with van der Waals surface area (Å²) in [6.45, 7) is 7.10. The molecule has 0 saturated heterocycles. The molecule has 0 aliphatic rings. The highest BCUT2D eigenvalue weighted by Crippen LogP contribution is 2.21. The molecule has 0 fully saturated rings. The van der Waals surface area contributed by atoms with Crippen LogP contribution in [0.5, 0.6) is 0 Å². The summed E-state index contributed by atoms with van der Waals surface area (Å²) in [5, 5.41) is 13.9. The molecule has 0 aliphatic carbocycles. The Labute approximate surface area is 95.8 Å². The van der Waals surface area contributed by atoms with Crippen LogP contribution in [0.3, 0.4) is 0 Å². The Kier molecular flexibility index (Phi) is 4.28. The van der Waals surface area contributed by atoms with Crippen LogP contribution in [-0.2, 0) is 0 Å². The van der Waals surface area contributed by atoms with Gasteiger partial charge < -0.3 is 5.32 Å². The number of anilines is 1. The van der Waals surface area contributed by atoms with Crippen LogP contribution in [0.2, 0.25) is 0 Å². The van der Waals surface area contributed by atoms with E-state index in [1.807, 2.05) is 6.92 Å². The van der Waals surface area contributed by atoms with E-state index >= 15 is 0 Å². The first-order valence-corrected chi connectivity index (χ1v) is 5.53. The van der Waals surface area contributed by atoms with Crippen LogP contribution in [-0.4, -0.2) is 11.5 Å². The Bertz CT molecular complexity index is 377. The van der Waals surface area contributed by atoms with Crippen molar-refractivity contribution < 1.29 is 4.92 Å². The van der Waals surface area contributed by atoms with Gasteiger partial charge in [-0.3, -0.25) is 10.1 Å². The Morgan fingerprint density at radius 3 is 2.69 bits per heavy atom. The molecule has 1 aromatic carbocycles. The van der Waals surface area contributed by atoms with E-state index in [0.29, 0.717) is 5.92 Å². The minimum absolute atomic E-state index is 0.145. The zero-order chi connectivity index (χ0) is 12.1. The molecule has 1 rings (SSSR count). The summed E-state index contributed by atoms with van der Waals surface area (Å²) in [6, 6.07) is 4.90. The van der Waals surface area contributed by atoms with E-state index in [-0.39, 0.29) is 10.6 Å². The van der Waals surface area contributed by atoms with Gasteiger partial charge in [0.2, 0.25) is 0 Å². The Balaban J connectivity index is 2.72. The first kappa shape index (κ1) is 12.5.